The van der Waals surface area contributed by atoms with Crippen LogP contribution in [0.1, 0.15) is 22.3 Å². The molecule has 0 bridgehead atoms. The molecule has 2 aromatic heterocycles. The predicted octanol–water partition coefficient (Wildman–Crippen LogP) is 5.83. The number of hydrogen-bond acceptors (Lipinski definition) is 4. The van der Waals surface area contributed by atoms with E-state index in [1.165, 1.54) is 11.8 Å². The summed E-state index contributed by atoms with van der Waals surface area (Å²) < 4.78 is 1.60. The third-order valence-electron chi connectivity index (χ3n) is 6.17. The van der Waals surface area contributed by atoms with Crippen molar-refractivity contribution in [2.45, 2.75) is 32.9 Å². The second-order valence-electron chi connectivity index (χ2n) is 8.86. The summed E-state index contributed by atoms with van der Waals surface area (Å²) in [7, 11) is 0. The fraction of sp³-hybridized carbons (Fsp3) is 0.179. The van der Waals surface area contributed by atoms with Crippen molar-refractivity contribution in [3.8, 4) is 5.69 Å². The van der Waals surface area contributed by atoms with Crippen molar-refractivity contribution in [2.75, 3.05) is 11.1 Å². The van der Waals surface area contributed by atoms with Gasteiger partial charge in [0.05, 0.1) is 11.4 Å². The number of carbonyl (C=O) groups is 1. The molecule has 35 heavy (non-hydrogen) atoms. The lowest BCUT2D eigenvalue weighted by Gasteiger charge is -2.14. The first kappa shape index (κ1) is 22.9. The average molecular weight is 483 g/mol. The van der Waals surface area contributed by atoms with E-state index in [0.717, 1.165) is 44.5 Å². The first-order valence-electron chi connectivity index (χ1n) is 11.4. The summed E-state index contributed by atoms with van der Waals surface area (Å²) in [5, 5.41) is 4.36. The lowest BCUT2D eigenvalue weighted by Crippen LogP contribution is -2.23. The Labute approximate surface area is 207 Å². The van der Waals surface area contributed by atoms with Crippen LogP contribution in [0.2, 0.25) is 0 Å². The number of hydrogen-bond donors (Lipinski definition) is 2. The van der Waals surface area contributed by atoms with Gasteiger partial charge in [0.1, 0.15) is 11.0 Å². The number of H-pyrrole nitrogens is 1. The summed E-state index contributed by atoms with van der Waals surface area (Å²) in [6.07, 6.45) is 0. The molecule has 0 aliphatic heterocycles. The maximum absolute atomic E-state index is 13.7. The molecule has 0 fully saturated rings. The van der Waals surface area contributed by atoms with Crippen LogP contribution in [0.25, 0.3) is 27.6 Å². The maximum atomic E-state index is 13.7. The second-order valence-corrected chi connectivity index (χ2v) is 9.80. The van der Waals surface area contributed by atoms with Gasteiger partial charge >= 0.3 is 0 Å². The van der Waals surface area contributed by atoms with Crippen molar-refractivity contribution in [2.24, 2.45) is 0 Å². The smallest absolute Gasteiger partial charge is 0.283 e. The van der Waals surface area contributed by atoms with Gasteiger partial charge in [-0.2, -0.15) is 0 Å². The number of nitrogens with one attached hydrogen (secondary N) is 2. The number of para-hydroxylation sites is 1. The molecule has 0 atom stereocenters. The highest BCUT2D eigenvalue weighted by atomic mass is 32.2. The fourth-order valence-corrected chi connectivity index (χ4v) is 5.16. The highest BCUT2D eigenvalue weighted by Crippen LogP contribution is 2.27. The zero-order chi connectivity index (χ0) is 24.7. The van der Waals surface area contributed by atoms with Crippen LogP contribution in [0.15, 0.2) is 70.6 Å². The molecule has 5 aromatic rings. The predicted molar refractivity (Wildman–Crippen MR) is 144 cm³/mol. The topological polar surface area (TPSA) is 79.8 Å². The Kier molecular flexibility index (Phi) is 5.94. The van der Waals surface area contributed by atoms with Crippen LogP contribution in [-0.2, 0) is 4.79 Å². The minimum atomic E-state index is -0.186. The van der Waals surface area contributed by atoms with Gasteiger partial charge < -0.3 is 10.3 Å². The Hall–Kier alpha value is -3.84. The quantitative estimate of drug-likeness (QED) is 0.244. The van der Waals surface area contributed by atoms with Gasteiger partial charge in [0, 0.05) is 16.6 Å². The van der Waals surface area contributed by atoms with Gasteiger partial charge in [0.15, 0.2) is 5.16 Å². The molecule has 6 nitrogen and oxygen atoms in total. The lowest BCUT2D eigenvalue weighted by molar-refractivity contribution is -0.113. The molecule has 2 N–H and O–H groups in total. The molecule has 0 aliphatic carbocycles. The summed E-state index contributed by atoms with van der Waals surface area (Å²) >= 11 is 1.26. The first-order valence-corrected chi connectivity index (χ1v) is 12.4. The Morgan fingerprint density at radius 2 is 1.74 bits per heavy atom. The molecule has 1 amide bonds. The summed E-state index contributed by atoms with van der Waals surface area (Å²) in [6, 6.07) is 19.6. The van der Waals surface area contributed by atoms with Crippen molar-refractivity contribution >= 4 is 45.3 Å². The number of nitrogens with zero attached hydrogens (tertiary/aromatic N) is 2. The molecular weight excluding hydrogens is 456 g/mol. The third kappa shape index (κ3) is 4.35. The lowest BCUT2D eigenvalue weighted by atomic mass is 10.1. The van der Waals surface area contributed by atoms with Crippen molar-refractivity contribution in [3.05, 3.63) is 93.3 Å². The van der Waals surface area contributed by atoms with Crippen molar-refractivity contribution < 1.29 is 4.79 Å². The van der Waals surface area contributed by atoms with Crippen LogP contribution in [-0.4, -0.2) is 26.2 Å². The third-order valence-corrected chi connectivity index (χ3v) is 7.11. The Balaban J connectivity index is 1.58. The molecule has 0 spiro atoms. The fourth-order valence-electron chi connectivity index (χ4n) is 4.35. The molecule has 176 valence electrons. The standard InChI is InChI=1S/C28H26N4O2S/c1-16-12-17(2)14-20(13-16)32-27(34)26-25(21-9-5-6-10-23(21)30-26)31-28(32)35-15-24(33)29-22-11-7-8-18(3)19(22)4/h5-14,30H,15H2,1-4H3,(H,29,33). The zero-order valence-electron chi connectivity index (χ0n) is 20.1. The van der Waals surface area contributed by atoms with Crippen LogP contribution < -0.4 is 10.9 Å². The van der Waals surface area contributed by atoms with E-state index in [1.54, 1.807) is 4.57 Å². The van der Waals surface area contributed by atoms with Gasteiger partial charge in [-0.05, 0) is 74.2 Å². The molecule has 3 aromatic carbocycles. The van der Waals surface area contributed by atoms with Crippen LogP contribution >= 0.6 is 11.8 Å². The van der Waals surface area contributed by atoms with E-state index in [2.05, 4.69) is 16.4 Å². The number of aromatic amines is 1. The van der Waals surface area contributed by atoms with Gasteiger partial charge in [0.25, 0.3) is 5.56 Å². The van der Waals surface area contributed by atoms with Crippen molar-refractivity contribution in [1.82, 2.24) is 14.5 Å². The highest BCUT2D eigenvalue weighted by Gasteiger charge is 2.19. The Bertz CT molecular complexity index is 1650. The second kappa shape index (κ2) is 9.07. The van der Waals surface area contributed by atoms with Crippen molar-refractivity contribution in [3.63, 3.8) is 0 Å². The number of anilines is 1. The maximum Gasteiger partial charge on any atom is 0.283 e. The van der Waals surface area contributed by atoms with Gasteiger partial charge in [-0.1, -0.05) is 48.2 Å². The zero-order valence-corrected chi connectivity index (χ0v) is 20.9. The van der Waals surface area contributed by atoms with E-state index in [1.807, 2.05) is 82.3 Å². The number of benzene rings is 3. The average Bonchev–Trinajstić information content (AvgIpc) is 3.19. The van der Waals surface area contributed by atoms with E-state index in [-0.39, 0.29) is 17.2 Å². The van der Waals surface area contributed by atoms with Crippen LogP contribution in [0.3, 0.4) is 0 Å². The van der Waals surface area contributed by atoms with Crippen LogP contribution in [0.4, 0.5) is 5.69 Å². The molecule has 5 rings (SSSR count). The van der Waals surface area contributed by atoms with Gasteiger partial charge in [-0.3, -0.25) is 14.2 Å². The summed E-state index contributed by atoms with van der Waals surface area (Å²) in [5.41, 5.74) is 7.52. The first-order chi connectivity index (χ1) is 16.8. The van der Waals surface area contributed by atoms with Crippen LogP contribution in [0, 0.1) is 27.7 Å². The number of rotatable bonds is 5. The van der Waals surface area contributed by atoms with E-state index in [9.17, 15) is 9.59 Å². The molecular formula is C28H26N4O2S. The molecule has 2 heterocycles. The number of thioether (sulfide) groups is 1. The normalized spacial score (nSPS) is 11.3. The summed E-state index contributed by atoms with van der Waals surface area (Å²) in [6.45, 7) is 8.01. The molecule has 0 saturated carbocycles. The number of amides is 1. The van der Waals surface area contributed by atoms with Gasteiger partial charge in [0.2, 0.25) is 5.91 Å². The Morgan fingerprint density at radius 1 is 1.00 bits per heavy atom. The number of carbonyl (C=O) groups excluding carboxylic acids is 1. The minimum Gasteiger partial charge on any atom is -0.349 e. The van der Waals surface area contributed by atoms with E-state index in [0.29, 0.717) is 16.2 Å². The molecule has 7 heteroatoms. The minimum absolute atomic E-state index is 0.123. The Morgan fingerprint density at radius 3 is 2.51 bits per heavy atom. The van der Waals surface area contributed by atoms with E-state index >= 15 is 0 Å². The molecule has 0 radical (unpaired) electrons. The van der Waals surface area contributed by atoms with Crippen molar-refractivity contribution in [1.29, 1.82) is 0 Å². The highest BCUT2D eigenvalue weighted by molar-refractivity contribution is 7.99. The molecule has 0 saturated heterocycles. The summed E-state index contributed by atoms with van der Waals surface area (Å²) in [4.78, 5) is 34.7. The largest absolute Gasteiger partial charge is 0.349 e. The monoisotopic (exact) mass is 482 g/mol. The number of fused-ring (bicyclic) bond motifs is 3. The number of aromatic nitrogens is 3. The van der Waals surface area contributed by atoms with E-state index < -0.39 is 0 Å². The van der Waals surface area contributed by atoms with Gasteiger partial charge in [-0.25, -0.2) is 4.98 Å². The van der Waals surface area contributed by atoms with Gasteiger partial charge in [-0.15, -0.1) is 0 Å². The van der Waals surface area contributed by atoms with E-state index in [4.69, 9.17) is 4.98 Å². The molecule has 0 aliphatic rings. The molecule has 0 unspecified atom stereocenters. The van der Waals surface area contributed by atoms with Crippen LogP contribution in [0.5, 0.6) is 0 Å². The number of aryl methyl sites for hydroxylation is 3. The SMILES string of the molecule is Cc1cc(C)cc(-n2c(SCC(=O)Nc3cccc(C)c3C)nc3c([nH]c4ccccc43)c2=O)c1. The summed E-state index contributed by atoms with van der Waals surface area (Å²) in [5.74, 6) is -0.0256.